The highest BCUT2D eigenvalue weighted by atomic mass is 35.5. The van der Waals surface area contributed by atoms with Gasteiger partial charge in [-0.3, -0.25) is 0 Å². The molecular formula is C16H14ClN3OS. The molecule has 1 aliphatic carbocycles. The maximum Gasteiger partial charge on any atom is 0.205 e. The average Bonchev–Trinajstić information content (AvgIpc) is 3.08. The first kappa shape index (κ1) is 13.9. The molecule has 4 rings (SSSR count). The Morgan fingerprint density at radius 2 is 2.23 bits per heavy atom. The fourth-order valence-electron chi connectivity index (χ4n) is 2.32. The van der Waals surface area contributed by atoms with Crippen LogP contribution in [-0.2, 0) is 5.75 Å². The number of halogens is 1. The zero-order chi connectivity index (χ0) is 14.9. The van der Waals surface area contributed by atoms with E-state index in [9.17, 15) is 0 Å². The molecule has 0 atom stereocenters. The normalized spacial score (nSPS) is 14.4. The topological polar surface area (TPSA) is 43.9 Å². The van der Waals surface area contributed by atoms with Crippen molar-refractivity contribution in [3.8, 4) is 11.3 Å². The first-order valence-corrected chi connectivity index (χ1v) is 8.52. The lowest BCUT2D eigenvalue weighted by Gasteiger charge is -2.03. The van der Waals surface area contributed by atoms with Crippen LogP contribution in [0.4, 0.5) is 0 Å². The van der Waals surface area contributed by atoms with Crippen molar-refractivity contribution >= 4 is 23.4 Å². The Kier molecular flexibility index (Phi) is 3.68. The number of benzene rings is 1. The minimum Gasteiger partial charge on any atom is -0.440 e. The van der Waals surface area contributed by atoms with Crippen molar-refractivity contribution < 1.29 is 4.42 Å². The average molecular weight is 332 g/mol. The Morgan fingerprint density at radius 3 is 3.05 bits per heavy atom. The van der Waals surface area contributed by atoms with Gasteiger partial charge in [-0.05, 0) is 25.0 Å². The number of aromatic nitrogens is 3. The Balaban J connectivity index is 1.47. The summed E-state index contributed by atoms with van der Waals surface area (Å²) in [5, 5.41) is 1.72. The Hall–Kier alpha value is -1.72. The molecular weight excluding hydrogens is 318 g/mol. The maximum atomic E-state index is 6.01. The van der Waals surface area contributed by atoms with Crippen molar-refractivity contribution in [3.63, 3.8) is 0 Å². The molecule has 2 aromatic heterocycles. The van der Waals surface area contributed by atoms with Crippen LogP contribution in [0, 0.1) is 0 Å². The molecule has 0 saturated heterocycles. The summed E-state index contributed by atoms with van der Waals surface area (Å²) in [5.41, 5.74) is 0.940. The summed E-state index contributed by atoms with van der Waals surface area (Å²) in [6, 6.07) is 8.22. The smallest absolute Gasteiger partial charge is 0.205 e. The van der Waals surface area contributed by atoms with Crippen molar-refractivity contribution in [3.05, 3.63) is 53.8 Å². The molecule has 1 aromatic carbocycles. The third-order valence-electron chi connectivity index (χ3n) is 3.56. The number of hydrogen-bond donors (Lipinski definition) is 0. The van der Waals surface area contributed by atoms with Gasteiger partial charge in [-0.25, -0.2) is 9.97 Å². The van der Waals surface area contributed by atoms with Gasteiger partial charge in [0.2, 0.25) is 5.89 Å². The number of rotatable bonds is 5. The summed E-state index contributed by atoms with van der Waals surface area (Å²) in [6.45, 7) is 0. The van der Waals surface area contributed by atoms with Crippen LogP contribution in [0.2, 0.25) is 5.02 Å². The van der Waals surface area contributed by atoms with E-state index in [2.05, 4.69) is 14.5 Å². The Labute approximate surface area is 137 Å². The molecule has 0 amide bonds. The number of nitrogens with zero attached hydrogens (tertiary/aromatic N) is 3. The second-order valence-electron chi connectivity index (χ2n) is 5.27. The van der Waals surface area contributed by atoms with Gasteiger partial charge in [0.1, 0.15) is 0 Å². The third kappa shape index (κ3) is 2.91. The lowest BCUT2D eigenvalue weighted by Crippen LogP contribution is -1.94. The third-order valence-corrected chi connectivity index (χ3v) is 4.76. The largest absolute Gasteiger partial charge is 0.440 e. The number of oxazole rings is 1. The molecule has 2 heterocycles. The summed E-state index contributed by atoms with van der Waals surface area (Å²) in [4.78, 5) is 8.75. The van der Waals surface area contributed by atoms with Gasteiger partial charge in [0.05, 0.1) is 11.9 Å². The monoisotopic (exact) mass is 331 g/mol. The van der Waals surface area contributed by atoms with E-state index in [0.717, 1.165) is 16.5 Å². The van der Waals surface area contributed by atoms with Gasteiger partial charge in [0.15, 0.2) is 10.9 Å². The molecule has 0 bridgehead atoms. The van der Waals surface area contributed by atoms with Gasteiger partial charge < -0.3 is 8.98 Å². The lowest BCUT2D eigenvalue weighted by atomic mass is 10.2. The fraction of sp³-hybridized carbons (Fsp3) is 0.250. The minimum atomic E-state index is 0.636. The van der Waals surface area contributed by atoms with E-state index in [0.29, 0.717) is 22.7 Å². The Morgan fingerprint density at radius 1 is 1.32 bits per heavy atom. The van der Waals surface area contributed by atoms with E-state index in [-0.39, 0.29) is 0 Å². The van der Waals surface area contributed by atoms with Crippen molar-refractivity contribution in [1.29, 1.82) is 0 Å². The molecule has 6 heteroatoms. The van der Waals surface area contributed by atoms with Crippen LogP contribution in [0.25, 0.3) is 11.3 Å². The van der Waals surface area contributed by atoms with Gasteiger partial charge in [-0.2, -0.15) is 0 Å². The lowest BCUT2D eigenvalue weighted by molar-refractivity contribution is 0.529. The molecule has 0 aliphatic heterocycles. The Bertz CT molecular complexity index is 794. The molecule has 22 heavy (non-hydrogen) atoms. The molecule has 4 nitrogen and oxygen atoms in total. The zero-order valence-corrected chi connectivity index (χ0v) is 13.3. The molecule has 0 unspecified atom stereocenters. The minimum absolute atomic E-state index is 0.636. The summed E-state index contributed by atoms with van der Waals surface area (Å²) >= 11 is 7.66. The van der Waals surface area contributed by atoms with Crippen LogP contribution < -0.4 is 0 Å². The standard InChI is InChI=1S/C16H14ClN3OS/c17-12-3-1-2-11(8-12)14-9-19-15(21-14)10-22-16-18-6-7-20(16)13-4-5-13/h1-3,6-9,13H,4-5,10H2. The quantitative estimate of drug-likeness (QED) is 0.629. The maximum absolute atomic E-state index is 6.01. The molecule has 0 spiro atoms. The van der Waals surface area contributed by atoms with E-state index >= 15 is 0 Å². The zero-order valence-electron chi connectivity index (χ0n) is 11.8. The molecule has 1 aliphatic rings. The fourth-order valence-corrected chi connectivity index (χ4v) is 3.39. The van der Waals surface area contributed by atoms with Gasteiger partial charge in [-0.15, -0.1) is 0 Å². The second kappa shape index (κ2) is 5.82. The predicted octanol–water partition coefficient (Wildman–Crippen LogP) is 4.82. The van der Waals surface area contributed by atoms with Crippen LogP contribution in [0.1, 0.15) is 24.8 Å². The molecule has 0 radical (unpaired) electrons. The van der Waals surface area contributed by atoms with Crippen molar-refractivity contribution in [1.82, 2.24) is 14.5 Å². The summed E-state index contributed by atoms with van der Waals surface area (Å²) < 4.78 is 8.05. The van der Waals surface area contributed by atoms with E-state index in [1.165, 1.54) is 12.8 Å². The number of thioether (sulfide) groups is 1. The molecule has 3 aromatic rings. The van der Waals surface area contributed by atoms with Gasteiger partial charge in [0, 0.05) is 29.0 Å². The van der Waals surface area contributed by atoms with Gasteiger partial charge >= 0.3 is 0 Å². The molecule has 1 fully saturated rings. The second-order valence-corrected chi connectivity index (χ2v) is 6.64. The van der Waals surface area contributed by atoms with E-state index in [4.69, 9.17) is 16.0 Å². The first-order valence-electron chi connectivity index (χ1n) is 7.16. The van der Waals surface area contributed by atoms with Crippen molar-refractivity contribution in [2.75, 3.05) is 0 Å². The summed E-state index contributed by atoms with van der Waals surface area (Å²) in [6.07, 6.45) is 8.15. The van der Waals surface area contributed by atoms with Crippen LogP contribution in [0.15, 0.2) is 52.4 Å². The molecule has 112 valence electrons. The van der Waals surface area contributed by atoms with Crippen LogP contribution >= 0.6 is 23.4 Å². The van der Waals surface area contributed by atoms with Crippen molar-refractivity contribution in [2.45, 2.75) is 29.8 Å². The highest BCUT2D eigenvalue weighted by Gasteiger charge is 2.25. The molecule has 1 saturated carbocycles. The van der Waals surface area contributed by atoms with Gasteiger partial charge in [-0.1, -0.05) is 35.5 Å². The van der Waals surface area contributed by atoms with Crippen LogP contribution in [0.3, 0.4) is 0 Å². The summed E-state index contributed by atoms with van der Waals surface area (Å²) in [7, 11) is 0. The first-order chi connectivity index (χ1) is 10.8. The van der Waals surface area contributed by atoms with Crippen LogP contribution in [-0.4, -0.2) is 14.5 Å². The van der Waals surface area contributed by atoms with Gasteiger partial charge in [0.25, 0.3) is 0 Å². The van der Waals surface area contributed by atoms with Crippen molar-refractivity contribution in [2.24, 2.45) is 0 Å². The number of imidazole rings is 1. The van der Waals surface area contributed by atoms with E-state index < -0.39 is 0 Å². The highest BCUT2D eigenvalue weighted by Crippen LogP contribution is 2.38. The predicted molar refractivity (Wildman–Crippen MR) is 87.0 cm³/mol. The highest BCUT2D eigenvalue weighted by molar-refractivity contribution is 7.98. The SMILES string of the molecule is Clc1cccc(-c2cnc(CSc3nccn3C3CC3)o2)c1. The van der Waals surface area contributed by atoms with Crippen LogP contribution in [0.5, 0.6) is 0 Å². The molecule has 0 N–H and O–H groups in total. The van der Waals surface area contributed by atoms with E-state index in [1.54, 1.807) is 18.0 Å². The summed E-state index contributed by atoms with van der Waals surface area (Å²) in [5.74, 6) is 2.11. The number of hydrogen-bond acceptors (Lipinski definition) is 4. The van der Waals surface area contributed by atoms with E-state index in [1.807, 2.05) is 36.7 Å².